The summed E-state index contributed by atoms with van der Waals surface area (Å²) in [5.41, 5.74) is 5.12. The number of alkyl halides is 3. The van der Waals surface area contributed by atoms with Gasteiger partial charge in [0.15, 0.2) is 0 Å². The molecule has 1 aromatic heterocycles. The van der Waals surface area contributed by atoms with E-state index in [0.717, 1.165) is 45.6 Å². The van der Waals surface area contributed by atoms with Crippen LogP contribution in [0.15, 0.2) is 128 Å². The molecule has 0 fully saturated rings. The minimum atomic E-state index is -4.47. The third kappa shape index (κ3) is 8.11. The maximum atomic E-state index is 14.6. The average molecular weight is 676 g/mol. The summed E-state index contributed by atoms with van der Waals surface area (Å²) in [5.74, 6) is 0.0646. The van der Waals surface area contributed by atoms with Gasteiger partial charge in [0, 0.05) is 49.5 Å². The number of nitrogens with zero attached hydrogens (tertiary/aromatic N) is 3. The Labute approximate surface area is 289 Å². The smallest absolute Gasteiger partial charge is 0.416 e. The molecule has 1 aliphatic rings. The van der Waals surface area contributed by atoms with Crippen molar-refractivity contribution in [2.24, 2.45) is 0 Å². The van der Waals surface area contributed by atoms with Crippen LogP contribution in [0.25, 0.3) is 17.3 Å². The first kappa shape index (κ1) is 34.2. The molecule has 0 radical (unpaired) electrons. The van der Waals surface area contributed by atoms with Crippen LogP contribution in [-0.2, 0) is 41.7 Å². The lowest BCUT2D eigenvalue weighted by Gasteiger charge is -2.37. The largest absolute Gasteiger partial charge is 0.496 e. The lowest BCUT2D eigenvalue weighted by Crippen LogP contribution is -2.52. The Morgan fingerprint density at radius 2 is 1.62 bits per heavy atom. The standard InChI is InChI=1S/C41H36F3N3O3/c1-50-38-12-7-10-32-23-25-46(28-35(32)38)40(49)37(26-30-8-3-2-4-9-30)47(27-31-13-18-33(19-14-31)36-11-5-6-24-45-36)39(48)22-17-29-15-20-34(21-16-29)41(42,43)44/h2-22,24,37H,23,25-28H2,1H3. The number of hydrogen-bond donors (Lipinski definition) is 0. The van der Waals surface area contributed by atoms with Crippen LogP contribution in [0, 0.1) is 0 Å². The van der Waals surface area contributed by atoms with Crippen LogP contribution >= 0.6 is 0 Å². The first-order valence-corrected chi connectivity index (χ1v) is 16.3. The van der Waals surface area contributed by atoms with Gasteiger partial charge in [-0.05, 0) is 65.1 Å². The van der Waals surface area contributed by atoms with Crippen LogP contribution in [0.5, 0.6) is 5.75 Å². The van der Waals surface area contributed by atoms with E-state index in [2.05, 4.69) is 4.98 Å². The Bertz CT molecular complexity index is 1930. The number of rotatable bonds is 10. The Balaban J connectivity index is 1.35. The van der Waals surface area contributed by atoms with Gasteiger partial charge in [-0.3, -0.25) is 14.6 Å². The van der Waals surface area contributed by atoms with Gasteiger partial charge in [0.2, 0.25) is 11.8 Å². The predicted octanol–water partition coefficient (Wildman–Crippen LogP) is 8.01. The SMILES string of the molecule is COc1cccc2c1CN(C(=O)C(Cc1ccccc1)N(Cc1ccc(-c3ccccn3)cc1)C(=O)C=Cc1ccc(C(F)(F)F)cc1)CC2. The molecule has 9 heteroatoms. The number of aromatic nitrogens is 1. The first-order chi connectivity index (χ1) is 24.2. The summed E-state index contributed by atoms with van der Waals surface area (Å²) >= 11 is 0. The predicted molar refractivity (Wildman–Crippen MR) is 187 cm³/mol. The fourth-order valence-electron chi connectivity index (χ4n) is 6.21. The molecule has 50 heavy (non-hydrogen) atoms. The molecule has 0 N–H and O–H groups in total. The molecule has 6 rings (SSSR count). The second-order valence-electron chi connectivity index (χ2n) is 12.1. The van der Waals surface area contributed by atoms with Crippen LogP contribution < -0.4 is 4.74 Å². The Hall–Kier alpha value is -5.70. The molecule has 0 saturated carbocycles. The van der Waals surface area contributed by atoms with E-state index in [0.29, 0.717) is 30.8 Å². The maximum Gasteiger partial charge on any atom is 0.416 e. The molecule has 0 saturated heterocycles. The summed E-state index contributed by atoms with van der Waals surface area (Å²) in [6.45, 7) is 0.938. The fourth-order valence-corrected chi connectivity index (χ4v) is 6.21. The second kappa shape index (κ2) is 15.2. The van der Waals surface area contributed by atoms with Crippen molar-refractivity contribution in [1.29, 1.82) is 0 Å². The van der Waals surface area contributed by atoms with Crippen molar-refractivity contribution in [3.63, 3.8) is 0 Å². The molecular formula is C41H36F3N3O3. The number of methoxy groups -OCH3 is 1. The number of fused-ring (bicyclic) bond motifs is 1. The molecule has 0 spiro atoms. The number of ether oxygens (including phenoxy) is 1. The van der Waals surface area contributed by atoms with E-state index >= 15 is 0 Å². The number of amides is 2. The third-order valence-corrected chi connectivity index (χ3v) is 8.90. The summed E-state index contributed by atoms with van der Waals surface area (Å²) < 4.78 is 45.1. The highest BCUT2D eigenvalue weighted by atomic mass is 19.4. The molecule has 1 unspecified atom stereocenters. The van der Waals surface area contributed by atoms with Crippen LogP contribution in [0.2, 0.25) is 0 Å². The van der Waals surface area contributed by atoms with E-state index < -0.39 is 23.7 Å². The summed E-state index contributed by atoms with van der Waals surface area (Å²) in [7, 11) is 1.61. The molecule has 2 heterocycles. The third-order valence-electron chi connectivity index (χ3n) is 8.90. The molecule has 5 aromatic rings. The van der Waals surface area contributed by atoms with Crippen LogP contribution in [-0.4, -0.2) is 46.3 Å². The number of carbonyl (C=O) groups excluding carboxylic acids is 2. The van der Waals surface area contributed by atoms with Gasteiger partial charge < -0.3 is 14.5 Å². The summed E-state index contributed by atoms with van der Waals surface area (Å²) in [6, 6.07) is 32.5. The number of hydrogen-bond acceptors (Lipinski definition) is 4. The maximum absolute atomic E-state index is 14.6. The molecule has 2 amide bonds. The Morgan fingerprint density at radius 3 is 2.30 bits per heavy atom. The number of halogens is 3. The lowest BCUT2D eigenvalue weighted by atomic mass is 9.96. The van der Waals surface area contributed by atoms with Crippen molar-refractivity contribution < 1.29 is 27.5 Å². The van der Waals surface area contributed by atoms with Crippen molar-refractivity contribution in [2.75, 3.05) is 13.7 Å². The molecule has 1 aliphatic heterocycles. The fraction of sp³-hybridized carbons (Fsp3) is 0.195. The van der Waals surface area contributed by atoms with E-state index in [1.165, 1.54) is 24.3 Å². The van der Waals surface area contributed by atoms with E-state index in [4.69, 9.17) is 4.74 Å². The van der Waals surface area contributed by atoms with Gasteiger partial charge in [-0.1, -0.05) is 84.9 Å². The number of carbonyl (C=O) groups is 2. The quantitative estimate of drug-likeness (QED) is 0.141. The highest BCUT2D eigenvalue weighted by molar-refractivity contribution is 5.96. The monoisotopic (exact) mass is 675 g/mol. The van der Waals surface area contributed by atoms with Crippen LogP contribution in [0.3, 0.4) is 0 Å². The van der Waals surface area contributed by atoms with E-state index in [1.54, 1.807) is 23.1 Å². The van der Waals surface area contributed by atoms with E-state index in [9.17, 15) is 22.8 Å². The highest BCUT2D eigenvalue weighted by Crippen LogP contribution is 2.31. The van der Waals surface area contributed by atoms with E-state index in [-0.39, 0.29) is 18.9 Å². The minimum Gasteiger partial charge on any atom is -0.496 e. The zero-order valence-corrected chi connectivity index (χ0v) is 27.5. The number of pyridine rings is 1. The Morgan fingerprint density at radius 1 is 0.880 bits per heavy atom. The van der Waals surface area contributed by atoms with Gasteiger partial charge in [-0.15, -0.1) is 0 Å². The molecule has 254 valence electrons. The molecule has 1 atom stereocenters. The highest BCUT2D eigenvalue weighted by Gasteiger charge is 2.35. The van der Waals surface area contributed by atoms with Crippen molar-refractivity contribution >= 4 is 17.9 Å². The summed E-state index contributed by atoms with van der Waals surface area (Å²) in [6.07, 6.45) is 0.969. The second-order valence-corrected chi connectivity index (χ2v) is 12.1. The lowest BCUT2D eigenvalue weighted by molar-refractivity contribution is -0.144. The summed E-state index contributed by atoms with van der Waals surface area (Å²) in [4.78, 5) is 36.6. The molecule has 0 aliphatic carbocycles. The van der Waals surface area contributed by atoms with Gasteiger partial charge in [-0.25, -0.2) is 0 Å². The van der Waals surface area contributed by atoms with Gasteiger partial charge in [0.1, 0.15) is 11.8 Å². The van der Waals surface area contributed by atoms with Crippen molar-refractivity contribution in [1.82, 2.24) is 14.8 Å². The van der Waals surface area contributed by atoms with Gasteiger partial charge in [0.05, 0.1) is 18.4 Å². The zero-order valence-electron chi connectivity index (χ0n) is 27.5. The summed E-state index contributed by atoms with van der Waals surface area (Å²) in [5, 5.41) is 0. The first-order valence-electron chi connectivity index (χ1n) is 16.3. The van der Waals surface area contributed by atoms with Crippen molar-refractivity contribution in [2.45, 2.75) is 38.1 Å². The van der Waals surface area contributed by atoms with Crippen molar-refractivity contribution in [3.8, 4) is 17.0 Å². The van der Waals surface area contributed by atoms with Crippen molar-refractivity contribution in [3.05, 3.63) is 161 Å². The molecular weight excluding hydrogens is 639 g/mol. The van der Waals surface area contributed by atoms with Crippen LogP contribution in [0.4, 0.5) is 13.2 Å². The molecule has 0 bridgehead atoms. The van der Waals surface area contributed by atoms with Gasteiger partial charge >= 0.3 is 6.18 Å². The topological polar surface area (TPSA) is 62.7 Å². The zero-order chi connectivity index (χ0) is 35.1. The van der Waals surface area contributed by atoms with Gasteiger partial charge in [-0.2, -0.15) is 13.2 Å². The average Bonchev–Trinajstić information content (AvgIpc) is 3.15. The number of benzene rings is 4. The minimum absolute atomic E-state index is 0.121. The molecule has 4 aromatic carbocycles. The van der Waals surface area contributed by atoms with Crippen LogP contribution in [0.1, 0.15) is 33.4 Å². The van der Waals surface area contributed by atoms with Gasteiger partial charge in [0.25, 0.3) is 0 Å². The molecule has 6 nitrogen and oxygen atoms in total. The normalized spacial score (nSPS) is 13.5. The Kier molecular flexibility index (Phi) is 10.4. The van der Waals surface area contributed by atoms with E-state index in [1.807, 2.05) is 91.0 Å².